The molecule has 2 N–H and O–H groups in total. The third-order valence-corrected chi connectivity index (χ3v) is 4.55. The molecule has 2 rings (SSSR count). The van der Waals surface area contributed by atoms with Crippen molar-refractivity contribution in [2.24, 2.45) is 5.41 Å². The first kappa shape index (κ1) is 16.9. The molecule has 7 heteroatoms. The first-order chi connectivity index (χ1) is 10.2. The molecule has 1 aliphatic carbocycles. The number of carboxylic acid groups (broad SMARTS) is 2. The molecule has 0 fully saturated rings. The van der Waals surface area contributed by atoms with Gasteiger partial charge in [-0.3, -0.25) is 4.79 Å². The van der Waals surface area contributed by atoms with E-state index in [1.807, 2.05) is 0 Å². The van der Waals surface area contributed by atoms with Crippen molar-refractivity contribution in [3.8, 4) is 0 Å². The van der Waals surface area contributed by atoms with Crippen molar-refractivity contribution in [3.05, 3.63) is 50.9 Å². The molecular formula is C15H12Cl2O4S. The second-order valence-corrected chi connectivity index (χ2v) is 7.15. The smallest absolute Gasteiger partial charge is 0.331 e. The predicted octanol–water partition coefficient (Wildman–Crippen LogP) is 4.48. The molecule has 22 heavy (non-hydrogen) atoms. The summed E-state index contributed by atoms with van der Waals surface area (Å²) in [7, 11) is 0. The monoisotopic (exact) mass is 358 g/mol. The molecule has 0 aromatic heterocycles. The predicted molar refractivity (Wildman–Crippen MR) is 86.5 cm³/mol. The number of carbonyl (C=O) groups is 2. The number of aliphatic carboxylic acids is 2. The Morgan fingerprint density at radius 1 is 1.18 bits per heavy atom. The van der Waals surface area contributed by atoms with Crippen LogP contribution in [0, 0.1) is 5.41 Å². The van der Waals surface area contributed by atoms with Gasteiger partial charge in [0.15, 0.2) is 0 Å². The molecular weight excluding hydrogens is 347 g/mol. The number of hydrogen-bond acceptors (Lipinski definition) is 3. The fourth-order valence-electron chi connectivity index (χ4n) is 2.08. The van der Waals surface area contributed by atoms with Crippen LogP contribution < -0.4 is 0 Å². The second-order valence-electron chi connectivity index (χ2n) is 5.13. The van der Waals surface area contributed by atoms with Gasteiger partial charge in [0.25, 0.3) is 0 Å². The minimum atomic E-state index is -1.26. The summed E-state index contributed by atoms with van der Waals surface area (Å²) in [4.78, 5) is 23.9. The average molecular weight is 359 g/mol. The van der Waals surface area contributed by atoms with Crippen molar-refractivity contribution in [1.82, 2.24) is 0 Å². The minimum absolute atomic E-state index is 0.0575. The molecule has 1 aromatic carbocycles. The quantitative estimate of drug-likeness (QED) is 0.829. The molecule has 0 saturated carbocycles. The molecule has 1 unspecified atom stereocenters. The van der Waals surface area contributed by atoms with Gasteiger partial charge in [-0.15, -0.1) is 0 Å². The summed E-state index contributed by atoms with van der Waals surface area (Å²) in [5, 5.41) is 19.4. The zero-order chi connectivity index (χ0) is 16.5. The minimum Gasteiger partial charge on any atom is -0.481 e. The Balaban J connectivity index is 2.39. The van der Waals surface area contributed by atoms with E-state index in [1.165, 1.54) is 24.8 Å². The fraction of sp³-hybridized carbons (Fsp3) is 0.200. The van der Waals surface area contributed by atoms with Crippen LogP contribution in [0.15, 0.2) is 45.7 Å². The SMILES string of the molecule is CC1(C(=O)O)C=C(Sc2cc(Cl)cc(Cl)c2)C=C(C(=O)O)C1. The third-order valence-electron chi connectivity index (χ3n) is 3.17. The van der Waals surface area contributed by atoms with Crippen molar-refractivity contribution in [2.45, 2.75) is 18.2 Å². The summed E-state index contributed by atoms with van der Waals surface area (Å²) in [5.74, 6) is -2.19. The van der Waals surface area contributed by atoms with Crippen LogP contribution in [0.3, 0.4) is 0 Å². The van der Waals surface area contributed by atoms with E-state index in [4.69, 9.17) is 23.2 Å². The Bertz CT molecular complexity index is 691. The van der Waals surface area contributed by atoms with Crippen LogP contribution >= 0.6 is 35.0 Å². The zero-order valence-electron chi connectivity index (χ0n) is 11.5. The summed E-state index contributed by atoms with van der Waals surface area (Å²) in [5.41, 5.74) is -1.20. The van der Waals surface area contributed by atoms with Crippen LogP contribution in [-0.4, -0.2) is 22.2 Å². The van der Waals surface area contributed by atoms with E-state index in [9.17, 15) is 19.8 Å². The molecule has 0 amide bonds. The highest BCUT2D eigenvalue weighted by Crippen LogP contribution is 2.41. The number of rotatable bonds is 4. The van der Waals surface area contributed by atoms with E-state index < -0.39 is 17.4 Å². The third kappa shape index (κ3) is 3.85. The first-order valence-corrected chi connectivity index (χ1v) is 7.81. The van der Waals surface area contributed by atoms with Gasteiger partial charge in [0.05, 0.1) is 5.41 Å². The topological polar surface area (TPSA) is 74.6 Å². The normalized spacial score (nSPS) is 21.0. The van der Waals surface area contributed by atoms with Crippen LogP contribution in [-0.2, 0) is 9.59 Å². The van der Waals surface area contributed by atoms with E-state index in [2.05, 4.69) is 0 Å². The standard InChI is InChI=1S/C15H12Cl2O4S/c1-15(14(20)21)6-8(13(18)19)2-12(7-15)22-11-4-9(16)3-10(17)5-11/h2-5,7H,6H2,1H3,(H,18,19)(H,20,21). The Morgan fingerprint density at radius 2 is 1.77 bits per heavy atom. The largest absolute Gasteiger partial charge is 0.481 e. The molecule has 1 aliphatic rings. The van der Waals surface area contributed by atoms with Gasteiger partial charge in [0.2, 0.25) is 0 Å². The van der Waals surface area contributed by atoms with E-state index in [0.29, 0.717) is 19.8 Å². The molecule has 0 heterocycles. The molecule has 0 bridgehead atoms. The Kier molecular flexibility index (Phi) is 4.90. The highest BCUT2D eigenvalue weighted by Gasteiger charge is 2.36. The molecule has 1 atom stereocenters. The zero-order valence-corrected chi connectivity index (χ0v) is 13.8. The Morgan fingerprint density at radius 3 is 2.27 bits per heavy atom. The van der Waals surface area contributed by atoms with Gasteiger partial charge in [-0.1, -0.05) is 41.0 Å². The van der Waals surface area contributed by atoms with Crippen LogP contribution in [0.5, 0.6) is 0 Å². The van der Waals surface area contributed by atoms with Gasteiger partial charge in [0, 0.05) is 25.4 Å². The lowest BCUT2D eigenvalue weighted by Gasteiger charge is -2.26. The lowest BCUT2D eigenvalue weighted by Crippen LogP contribution is -2.29. The number of benzene rings is 1. The van der Waals surface area contributed by atoms with Gasteiger partial charge >= 0.3 is 11.9 Å². The highest BCUT2D eigenvalue weighted by atomic mass is 35.5. The summed E-state index contributed by atoms with van der Waals surface area (Å²) < 4.78 is 0. The highest BCUT2D eigenvalue weighted by molar-refractivity contribution is 8.03. The number of hydrogen-bond donors (Lipinski definition) is 2. The van der Waals surface area contributed by atoms with Crippen LogP contribution in [0.1, 0.15) is 13.3 Å². The number of carboxylic acids is 2. The molecule has 0 saturated heterocycles. The molecule has 4 nitrogen and oxygen atoms in total. The summed E-state index contributed by atoms with van der Waals surface area (Å²) in [6.07, 6.45) is 2.98. The van der Waals surface area contributed by atoms with Gasteiger partial charge in [0.1, 0.15) is 0 Å². The maximum Gasteiger partial charge on any atom is 0.331 e. The van der Waals surface area contributed by atoms with Gasteiger partial charge in [-0.2, -0.15) is 0 Å². The molecule has 0 radical (unpaired) electrons. The number of allylic oxidation sites excluding steroid dienone is 1. The second kappa shape index (κ2) is 6.36. The van der Waals surface area contributed by atoms with E-state index in [1.54, 1.807) is 24.3 Å². The molecule has 0 spiro atoms. The molecule has 1 aromatic rings. The maximum absolute atomic E-state index is 11.4. The van der Waals surface area contributed by atoms with Crippen LogP contribution in [0.4, 0.5) is 0 Å². The van der Waals surface area contributed by atoms with Gasteiger partial charge < -0.3 is 10.2 Å². The molecule has 0 aliphatic heterocycles. The van der Waals surface area contributed by atoms with Crippen molar-refractivity contribution in [3.63, 3.8) is 0 Å². The van der Waals surface area contributed by atoms with Crippen molar-refractivity contribution < 1.29 is 19.8 Å². The lowest BCUT2D eigenvalue weighted by atomic mass is 9.80. The molecule has 116 valence electrons. The number of halogens is 2. The maximum atomic E-state index is 11.4. The van der Waals surface area contributed by atoms with Crippen LogP contribution in [0.2, 0.25) is 10.0 Å². The first-order valence-electron chi connectivity index (χ1n) is 6.24. The van der Waals surface area contributed by atoms with E-state index in [0.717, 1.165) is 0 Å². The number of thioether (sulfide) groups is 1. The summed E-state index contributed by atoms with van der Waals surface area (Å²) >= 11 is 13.1. The van der Waals surface area contributed by atoms with E-state index >= 15 is 0 Å². The van der Waals surface area contributed by atoms with Crippen LogP contribution in [0.25, 0.3) is 0 Å². The van der Waals surface area contributed by atoms with E-state index in [-0.39, 0.29) is 12.0 Å². The Hall–Kier alpha value is -1.43. The van der Waals surface area contributed by atoms with Gasteiger partial charge in [-0.25, -0.2) is 4.79 Å². The fourth-order valence-corrected chi connectivity index (χ4v) is 3.90. The van der Waals surface area contributed by atoms with Crippen molar-refractivity contribution >= 4 is 46.9 Å². The summed E-state index contributed by atoms with van der Waals surface area (Å²) in [6.45, 7) is 1.50. The van der Waals surface area contributed by atoms with Gasteiger partial charge in [-0.05, 0) is 37.6 Å². The summed E-state index contributed by atoms with van der Waals surface area (Å²) in [6, 6.07) is 4.95. The Labute approximate surface area is 141 Å². The van der Waals surface area contributed by atoms with Crippen molar-refractivity contribution in [2.75, 3.05) is 0 Å². The average Bonchev–Trinajstić information content (AvgIpc) is 2.36. The van der Waals surface area contributed by atoms with Crippen molar-refractivity contribution in [1.29, 1.82) is 0 Å². The lowest BCUT2D eigenvalue weighted by molar-refractivity contribution is -0.145.